The Labute approximate surface area is 135 Å². The van der Waals surface area contributed by atoms with Gasteiger partial charge in [-0.05, 0) is 25.0 Å². The van der Waals surface area contributed by atoms with E-state index in [0.717, 1.165) is 5.69 Å². The van der Waals surface area contributed by atoms with Crippen LogP contribution in [0.2, 0.25) is 0 Å². The van der Waals surface area contributed by atoms with Gasteiger partial charge in [-0.25, -0.2) is 8.42 Å². The number of aryl methyl sites for hydroxylation is 1. The minimum Gasteiger partial charge on any atom is -0.378 e. The number of pyridine rings is 1. The lowest BCUT2D eigenvalue weighted by Crippen LogP contribution is -2.48. The van der Waals surface area contributed by atoms with E-state index >= 15 is 0 Å². The van der Waals surface area contributed by atoms with E-state index in [1.54, 1.807) is 36.9 Å². The minimum absolute atomic E-state index is 0.212. The molecule has 122 valence electrons. The molecular formula is C15H18N4O3S. The van der Waals surface area contributed by atoms with Crippen LogP contribution >= 0.6 is 0 Å². The van der Waals surface area contributed by atoms with Gasteiger partial charge in [0.05, 0.1) is 18.9 Å². The van der Waals surface area contributed by atoms with Crippen LogP contribution in [0.4, 0.5) is 0 Å². The van der Waals surface area contributed by atoms with Crippen molar-refractivity contribution in [2.45, 2.75) is 23.8 Å². The molecule has 1 fully saturated rings. The van der Waals surface area contributed by atoms with E-state index in [1.165, 1.54) is 10.5 Å². The van der Waals surface area contributed by atoms with Crippen molar-refractivity contribution < 1.29 is 13.2 Å². The number of nitrogens with zero attached hydrogens (tertiary/aromatic N) is 4. The first-order chi connectivity index (χ1) is 11.2. The molecule has 0 radical (unpaired) electrons. The number of aromatic nitrogens is 3. The summed E-state index contributed by atoms with van der Waals surface area (Å²) in [6.07, 6.45) is 9.18. The Morgan fingerprint density at radius 3 is 2.83 bits per heavy atom. The molecule has 0 aromatic carbocycles. The number of morpholine rings is 1. The third-order valence-electron chi connectivity index (χ3n) is 3.76. The highest BCUT2D eigenvalue weighted by Gasteiger charge is 2.33. The summed E-state index contributed by atoms with van der Waals surface area (Å²) in [4.78, 5) is 12.4. The maximum Gasteiger partial charge on any atom is 0.245 e. The van der Waals surface area contributed by atoms with Crippen molar-refractivity contribution in [3.05, 3.63) is 48.8 Å². The number of hydrogen-bond acceptors (Lipinski definition) is 6. The smallest absolute Gasteiger partial charge is 0.245 e. The summed E-state index contributed by atoms with van der Waals surface area (Å²) in [6.45, 7) is 1.14. The fraction of sp³-hybridized carbons (Fsp3) is 0.400. The largest absolute Gasteiger partial charge is 0.378 e. The zero-order valence-electron chi connectivity index (χ0n) is 12.6. The fourth-order valence-electron chi connectivity index (χ4n) is 2.59. The highest BCUT2D eigenvalue weighted by molar-refractivity contribution is 7.89. The van der Waals surface area contributed by atoms with Gasteiger partial charge in [-0.15, -0.1) is 0 Å². The van der Waals surface area contributed by atoms with E-state index in [1.807, 2.05) is 0 Å². The van der Waals surface area contributed by atoms with Crippen LogP contribution in [0.5, 0.6) is 0 Å². The third-order valence-corrected chi connectivity index (χ3v) is 5.70. The van der Waals surface area contributed by atoms with Gasteiger partial charge in [0.15, 0.2) is 0 Å². The van der Waals surface area contributed by atoms with Crippen molar-refractivity contribution in [2.75, 3.05) is 19.8 Å². The maximum absolute atomic E-state index is 12.8. The van der Waals surface area contributed by atoms with Crippen LogP contribution < -0.4 is 0 Å². The van der Waals surface area contributed by atoms with Gasteiger partial charge in [-0.2, -0.15) is 4.31 Å². The van der Waals surface area contributed by atoms with Gasteiger partial charge < -0.3 is 4.74 Å². The molecule has 2 aromatic heterocycles. The van der Waals surface area contributed by atoms with Gasteiger partial charge in [0.1, 0.15) is 4.90 Å². The van der Waals surface area contributed by atoms with E-state index in [4.69, 9.17) is 4.74 Å². The molecule has 2 aromatic rings. The summed E-state index contributed by atoms with van der Waals surface area (Å²) in [5.41, 5.74) is 0.844. The van der Waals surface area contributed by atoms with Gasteiger partial charge >= 0.3 is 0 Å². The topological polar surface area (TPSA) is 85.3 Å². The van der Waals surface area contributed by atoms with Gasteiger partial charge in [-0.1, -0.05) is 0 Å². The molecule has 0 spiro atoms. The van der Waals surface area contributed by atoms with Crippen LogP contribution in [0.25, 0.3) is 0 Å². The molecule has 8 heteroatoms. The van der Waals surface area contributed by atoms with Gasteiger partial charge in [0, 0.05) is 43.6 Å². The first-order valence-corrected chi connectivity index (χ1v) is 8.86. The standard InChI is InChI=1S/C15H18N4O3S/c20-23(21,15-2-1-5-16-11-15)19-8-9-22-12-14(19)4-3-13-10-17-6-7-18-13/h1-2,5-7,10-11,14H,3-4,8-9,12H2/t14-/m0/s1. The lowest BCUT2D eigenvalue weighted by Gasteiger charge is -2.34. The number of hydrogen-bond donors (Lipinski definition) is 0. The minimum atomic E-state index is -3.56. The van der Waals surface area contributed by atoms with E-state index in [0.29, 0.717) is 32.6 Å². The zero-order chi connectivity index (χ0) is 16.1. The highest BCUT2D eigenvalue weighted by Crippen LogP contribution is 2.22. The Hall–Kier alpha value is -1.90. The molecule has 1 aliphatic heterocycles. The van der Waals surface area contributed by atoms with E-state index < -0.39 is 10.0 Å². The molecule has 3 heterocycles. The van der Waals surface area contributed by atoms with Crippen LogP contribution in [-0.2, 0) is 21.2 Å². The summed E-state index contributed by atoms with van der Waals surface area (Å²) >= 11 is 0. The molecule has 0 saturated carbocycles. The first kappa shape index (κ1) is 16.0. The summed E-state index contributed by atoms with van der Waals surface area (Å²) in [5, 5.41) is 0. The molecule has 0 N–H and O–H groups in total. The van der Waals surface area contributed by atoms with E-state index in [-0.39, 0.29) is 10.9 Å². The normalized spacial score (nSPS) is 19.6. The van der Waals surface area contributed by atoms with Crippen LogP contribution in [0.15, 0.2) is 48.0 Å². The Morgan fingerprint density at radius 1 is 1.22 bits per heavy atom. The number of sulfonamides is 1. The summed E-state index contributed by atoms with van der Waals surface area (Å²) < 4.78 is 32.6. The van der Waals surface area contributed by atoms with E-state index in [9.17, 15) is 8.42 Å². The van der Waals surface area contributed by atoms with Gasteiger partial charge in [0.25, 0.3) is 0 Å². The molecule has 1 atom stereocenters. The van der Waals surface area contributed by atoms with Crippen LogP contribution in [0.1, 0.15) is 12.1 Å². The third kappa shape index (κ3) is 3.72. The Morgan fingerprint density at radius 2 is 2.09 bits per heavy atom. The number of rotatable bonds is 5. The molecule has 23 heavy (non-hydrogen) atoms. The van der Waals surface area contributed by atoms with Crippen molar-refractivity contribution in [3.8, 4) is 0 Å². The molecule has 7 nitrogen and oxygen atoms in total. The van der Waals surface area contributed by atoms with Crippen molar-refractivity contribution >= 4 is 10.0 Å². The Kier molecular flexibility index (Phi) is 4.94. The quantitative estimate of drug-likeness (QED) is 0.807. The number of ether oxygens (including phenoxy) is 1. The van der Waals surface area contributed by atoms with Crippen LogP contribution in [0.3, 0.4) is 0 Å². The second-order valence-corrected chi connectivity index (χ2v) is 7.16. The Bertz CT molecular complexity index is 725. The molecule has 1 saturated heterocycles. The maximum atomic E-state index is 12.8. The second-order valence-electron chi connectivity index (χ2n) is 5.27. The average Bonchev–Trinajstić information content (AvgIpc) is 2.62. The highest BCUT2D eigenvalue weighted by atomic mass is 32.2. The second kappa shape index (κ2) is 7.12. The first-order valence-electron chi connectivity index (χ1n) is 7.42. The molecular weight excluding hydrogens is 316 g/mol. The predicted molar refractivity (Wildman–Crippen MR) is 83.1 cm³/mol. The fourth-order valence-corrected chi connectivity index (χ4v) is 4.18. The molecule has 1 aliphatic rings. The molecule has 0 unspecified atom stereocenters. The molecule has 3 rings (SSSR count). The van der Waals surface area contributed by atoms with Crippen LogP contribution in [-0.4, -0.2) is 53.5 Å². The molecule has 0 amide bonds. The lowest BCUT2D eigenvalue weighted by atomic mass is 10.1. The van der Waals surface area contributed by atoms with Crippen molar-refractivity contribution in [3.63, 3.8) is 0 Å². The van der Waals surface area contributed by atoms with Crippen molar-refractivity contribution in [1.82, 2.24) is 19.3 Å². The van der Waals surface area contributed by atoms with Gasteiger partial charge in [0.2, 0.25) is 10.0 Å². The van der Waals surface area contributed by atoms with Crippen LogP contribution in [0, 0.1) is 0 Å². The molecule has 0 aliphatic carbocycles. The van der Waals surface area contributed by atoms with Crippen molar-refractivity contribution in [1.29, 1.82) is 0 Å². The lowest BCUT2D eigenvalue weighted by molar-refractivity contribution is 0.0297. The van der Waals surface area contributed by atoms with Crippen molar-refractivity contribution in [2.24, 2.45) is 0 Å². The predicted octanol–water partition coefficient (Wildman–Crippen LogP) is 0.894. The Balaban J connectivity index is 1.76. The zero-order valence-corrected chi connectivity index (χ0v) is 13.4. The summed E-state index contributed by atoms with van der Waals surface area (Å²) in [6, 6.07) is 2.98. The summed E-state index contributed by atoms with van der Waals surface area (Å²) in [7, 11) is -3.56. The van der Waals surface area contributed by atoms with Gasteiger partial charge in [-0.3, -0.25) is 15.0 Å². The average molecular weight is 334 g/mol. The van der Waals surface area contributed by atoms with E-state index in [2.05, 4.69) is 15.0 Å². The SMILES string of the molecule is O=S(=O)(c1cccnc1)N1CCOC[C@@H]1CCc1cnccn1. The monoisotopic (exact) mass is 334 g/mol. The molecule has 0 bridgehead atoms. The summed E-state index contributed by atoms with van der Waals surface area (Å²) in [5.74, 6) is 0.